The van der Waals surface area contributed by atoms with Crippen LogP contribution in [0.2, 0.25) is 5.02 Å². The molecule has 84 valence electrons. The van der Waals surface area contributed by atoms with Crippen LogP contribution in [0.4, 0.5) is 0 Å². The molecule has 2 nitrogen and oxygen atoms in total. The van der Waals surface area contributed by atoms with Crippen LogP contribution in [-0.4, -0.2) is 17.6 Å². The molecule has 3 heteroatoms. The zero-order chi connectivity index (χ0) is 11.0. The van der Waals surface area contributed by atoms with Gasteiger partial charge in [-0.25, -0.2) is 0 Å². The maximum atomic E-state index is 5.97. The first-order chi connectivity index (χ1) is 7.83. The van der Waals surface area contributed by atoms with Gasteiger partial charge < -0.3 is 5.32 Å². The quantitative estimate of drug-likeness (QED) is 0.808. The van der Waals surface area contributed by atoms with E-state index in [9.17, 15) is 0 Å². The SMILES string of the molecule is Clc1cncc(C2=CC3NCCC3CC2)c1. The number of halogens is 1. The highest BCUT2D eigenvalue weighted by molar-refractivity contribution is 6.30. The number of pyridine rings is 1. The van der Waals surface area contributed by atoms with Gasteiger partial charge in [0.2, 0.25) is 0 Å². The van der Waals surface area contributed by atoms with E-state index in [1.165, 1.54) is 24.0 Å². The Labute approximate surface area is 101 Å². The van der Waals surface area contributed by atoms with Gasteiger partial charge in [-0.1, -0.05) is 17.7 Å². The van der Waals surface area contributed by atoms with Crippen molar-refractivity contribution in [1.29, 1.82) is 0 Å². The highest BCUT2D eigenvalue weighted by atomic mass is 35.5. The van der Waals surface area contributed by atoms with Crippen LogP contribution in [0.3, 0.4) is 0 Å². The summed E-state index contributed by atoms with van der Waals surface area (Å²) in [6.07, 6.45) is 9.73. The summed E-state index contributed by atoms with van der Waals surface area (Å²) in [7, 11) is 0. The van der Waals surface area contributed by atoms with Crippen LogP contribution >= 0.6 is 11.6 Å². The van der Waals surface area contributed by atoms with Crippen molar-refractivity contribution in [1.82, 2.24) is 10.3 Å². The molecule has 2 heterocycles. The zero-order valence-corrected chi connectivity index (χ0v) is 9.87. The summed E-state index contributed by atoms with van der Waals surface area (Å²) in [4.78, 5) is 4.15. The smallest absolute Gasteiger partial charge is 0.0595 e. The average molecular weight is 235 g/mol. The Balaban J connectivity index is 1.90. The predicted molar refractivity (Wildman–Crippen MR) is 66.4 cm³/mol. The number of hydrogen-bond donors (Lipinski definition) is 1. The first-order valence-corrected chi connectivity index (χ1v) is 6.26. The molecule has 0 spiro atoms. The molecule has 2 atom stereocenters. The fourth-order valence-electron chi connectivity index (χ4n) is 2.77. The molecule has 0 saturated carbocycles. The van der Waals surface area contributed by atoms with Crippen molar-refractivity contribution in [2.45, 2.75) is 25.3 Å². The van der Waals surface area contributed by atoms with Crippen molar-refractivity contribution in [3.05, 3.63) is 35.1 Å². The van der Waals surface area contributed by atoms with E-state index >= 15 is 0 Å². The summed E-state index contributed by atoms with van der Waals surface area (Å²) < 4.78 is 0. The lowest BCUT2D eigenvalue weighted by atomic mass is 9.84. The van der Waals surface area contributed by atoms with Gasteiger partial charge in [0, 0.05) is 18.4 Å². The minimum Gasteiger partial charge on any atom is -0.310 e. The van der Waals surface area contributed by atoms with Crippen molar-refractivity contribution in [3.8, 4) is 0 Å². The number of allylic oxidation sites excluding steroid dienone is 1. The molecule has 1 aliphatic heterocycles. The molecule has 1 fully saturated rings. The second-order valence-electron chi connectivity index (χ2n) is 4.65. The van der Waals surface area contributed by atoms with E-state index in [1.54, 1.807) is 6.20 Å². The summed E-state index contributed by atoms with van der Waals surface area (Å²) in [5, 5.41) is 4.27. The number of aromatic nitrogens is 1. The zero-order valence-electron chi connectivity index (χ0n) is 9.12. The molecule has 1 saturated heterocycles. The maximum absolute atomic E-state index is 5.97. The molecular weight excluding hydrogens is 220 g/mol. The van der Waals surface area contributed by atoms with Crippen LogP contribution < -0.4 is 5.32 Å². The lowest BCUT2D eigenvalue weighted by Gasteiger charge is -2.24. The number of rotatable bonds is 1. The fraction of sp³-hybridized carbons (Fsp3) is 0.462. The van der Waals surface area contributed by atoms with Crippen LogP contribution in [0.5, 0.6) is 0 Å². The molecule has 0 radical (unpaired) electrons. The summed E-state index contributed by atoms with van der Waals surface area (Å²) in [5.41, 5.74) is 2.57. The average Bonchev–Trinajstić information content (AvgIpc) is 2.75. The molecule has 16 heavy (non-hydrogen) atoms. The molecule has 0 amide bonds. The van der Waals surface area contributed by atoms with E-state index in [2.05, 4.69) is 16.4 Å². The van der Waals surface area contributed by atoms with E-state index in [1.807, 2.05) is 12.3 Å². The Morgan fingerprint density at radius 3 is 3.12 bits per heavy atom. The van der Waals surface area contributed by atoms with Crippen molar-refractivity contribution >= 4 is 17.2 Å². The summed E-state index contributed by atoms with van der Waals surface area (Å²) in [6, 6.07) is 2.58. The Kier molecular flexibility index (Phi) is 2.70. The highest BCUT2D eigenvalue weighted by Gasteiger charge is 2.28. The van der Waals surface area contributed by atoms with Gasteiger partial charge in [-0.2, -0.15) is 0 Å². The Bertz CT molecular complexity index is 428. The molecule has 0 aromatic carbocycles. The minimum absolute atomic E-state index is 0.572. The normalized spacial score (nSPS) is 28.7. The lowest BCUT2D eigenvalue weighted by Crippen LogP contribution is -2.27. The minimum atomic E-state index is 0.572. The number of nitrogens with one attached hydrogen (secondary N) is 1. The maximum Gasteiger partial charge on any atom is 0.0595 e. The fourth-order valence-corrected chi connectivity index (χ4v) is 2.94. The lowest BCUT2D eigenvalue weighted by molar-refractivity contribution is 0.465. The number of nitrogens with zero attached hydrogens (tertiary/aromatic N) is 1. The summed E-state index contributed by atoms with van der Waals surface area (Å²) in [6.45, 7) is 1.16. The van der Waals surface area contributed by atoms with Gasteiger partial charge in [0.1, 0.15) is 0 Å². The largest absolute Gasteiger partial charge is 0.310 e. The van der Waals surface area contributed by atoms with Gasteiger partial charge in [-0.3, -0.25) is 4.98 Å². The van der Waals surface area contributed by atoms with Crippen molar-refractivity contribution in [2.24, 2.45) is 5.92 Å². The molecule has 2 aliphatic rings. The second-order valence-corrected chi connectivity index (χ2v) is 5.09. The molecule has 1 N–H and O–H groups in total. The van der Waals surface area contributed by atoms with Crippen LogP contribution in [-0.2, 0) is 0 Å². The van der Waals surface area contributed by atoms with Gasteiger partial charge in [-0.15, -0.1) is 0 Å². The predicted octanol–water partition coefficient (Wildman–Crippen LogP) is 2.89. The van der Waals surface area contributed by atoms with E-state index in [4.69, 9.17) is 11.6 Å². The first-order valence-electron chi connectivity index (χ1n) is 5.88. The summed E-state index contributed by atoms with van der Waals surface area (Å²) in [5.74, 6) is 0.843. The number of hydrogen-bond acceptors (Lipinski definition) is 2. The summed E-state index contributed by atoms with van der Waals surface area (Å²) >= 11 is 5.97. The van der Waals surface area contributed by atoms with Gasteiger partial charge in [-0.05, 0) is 48.9 Å². The molecule has 3 rings (SSSR count). The van der Waals surface area contributed by atoms with E-state index in [-0.39, 0.29) is 0 Å². The van der Waals surface area contributed by atoms with Crippen LogP contribution in [0.1, 0.15) is 24.8 Å². The molecule has 1 aliphatic carbocycles. The first kappa shape index (κ1) is 10.3. The second kappa shape index (κ2) is 4.19. The monoisotopic (exact) mass is 234 g/mol. The van der Waals surface area contributed by atoms with Gasteiger partial charge in [0.05, 0.1) is 5.02 Å². The third-order valence-electron chi connectivity index (χ3n) is 3.64. The molecule has 2 unspecified atom stereocenters. The van der Waals surface area contributed by atoms with Crippen molar-refractivity contribution < 1.29 is 0 Å². The topological polar surface area (TPSA) is 24.9 Å². The van der Waals surface area contributed by atoms with Gasteiger partial charge in [0.25, 0.3) is 0 Å². The number of fused-ring (bicyclic) bond motifs is 1. The molecule has 0 bridgehead atoms. The standard InChI is InChI=1S/C13H15ClN2/c14-12-5-11(7-15-8-12)10-2-1-9-3-4-16-13(9)6-10/h5-9,13,16H,1-4H2. The van der Waals surface area contributed by atoms with Gasteiger partial charge >= 0.3 is 0 Å². The van der Waals surface area contributed by atoms with Crippen molar-refractivity contribution in [3.63, 3.8) is 0 Å². The third-order valence-corrected chi connectivity index (χ3v) is 3.85. The van der Waals surface area contributed by atoms with Gasteiger partial charge in [0.15, 0.2) is 0 Å². The third kappa shape index (κ3) is 1.87. The van der Waals surface area contributed by atoms with E-state index < -0.39 is 0 Å². The van der Waals surface area contributed by atoms with Crippen molar-refractivity contribution in [2.75, 3.05) is 6.54 Å². The Hall–Kier alpha value is -0.860. The highest BCUT2D eigenvalue weighted by Crippen LogP contribution is 2.34. The Morgan fingerprint density at radius 1 is 1.31 bits per heavy atom. The van der Waals surface area contributed by atoms with Crippen LogP contribution in [0.15, 0.2) is 24.5 Å². The molecular formula is C13H15ClN2. The van der Waals surface area contributed by atoms with Crippen LogP contribution in [0, 0.1) is 5.92 Å². The molecule has 1 aromatic rings. The van der Waals surface area contributed by atoms with E-state index in [0.717, 1.165) is 23.9 Å². The Morgan fingerprint density at radius 2 is 2.25 bits per heavy atom. The van der Waals surface area contributed by atoms with E-state index in [0.29, 0.717) is 6.04 Å². The molecule has 1 aromatic heterocycles. The van der Waals surface area contributed by atoms with Crippen LogP contribution in [0.25, 0.3) is 5.57 Å².